The first-order valence-electron chi connectivity index (χ1n) is 13.8. The topological polar surface area (TPSA) is 220 Å². The minimum atomic E-state index is -2.99. The highest BCUT2D eigenvalue weighted by atomic mass is 16.5. The van der Waals surface area contributed by atoms with Crippen LogP contribution in [-0.2, 0) is 23.9 Å². The molecule has 13 nitrogen and oxygen atoms in total. The van der Waals surface area contributed by atoms with Crippen molar-refractivity contribution < 1.29 is 49.4 Å². The van der Waals surface area contributed by atoms with Gasteiger partial charge in [0.05, 0.1) is 35.9 Å². The molecular formula is C29H37N3O10. The van der Waals surface area contributed by atoms with Crippen LogP contribution in [0.2, 0.25) is 0 Å². The van der Waals surface area contributed by atoms with Crippen molar-refractivity contribution in [3.05, 3.63) is 40.2 Å². The van der Waals surface area contributed by atoms with Crippen molar-refractivity contribution in [2.24, 2.45) is 17.6 Å². The third kappa shape index (κ3) is 4.34. The number of rotatable bonds is 8. The Morgan fingerprint density at radius 3 is 2.36 bits per heavy atom. The summed E-state index contributed by atoms with van der Waals surface area (Å²) >= 11 is 0. The van der Waals surface area contributed by atoms with Crippen LogP contribution >= 0.6 is 0 Å². The first-order valence-corrected chi connectivity index (χ1v) is 13.8. The van der Waals surface area contributed by atoms with E-state index in [-0.39, 0.29) is 17.9 Å². The summed E-state index contributed by atoms with van der Waals surface area (Å²) in [6.45, 7) is 5.32. The van der Waals surface area contributed by atoms with Crippen LogP contribution in [0.3, 0.4) is 0 Å². The number of amides is 1. The molecule has 0 aliphatic heterocycles. The first kappa shape index (κ1) is 31.0. The van der Waals surface area contributed by atoms with E-state index in [1.165, 1.54) is 25.1 Å². The monoisotopic (exact) mass is 587 g/mol. The van der Waals surface area contributed by atoms with Crippen LogP contribution in [0, 0.1) is 11.8 Å². The summed E-state index contributed by atoms with van der Waals surface area (Å²) in [6.07, 6.45) is -0.693. The van der Waals surface area contributed by atoms with Crippen molar-refractivity contribution in [3.8, 4) is 5.75 Å². The van der Waals surface area contributed by atoms with Gasteiger partial charge >= 0.3 is 5.97 Å². The number of phenolic OH excluding ortho intramolecular Hbond substituents is 1. The number of nitrogens with zero attached hydrogens (tertiary/aromatic N) is 1. The number of anilines is 1. The maximum Gasteiger partial charge on any atom is 0.328 e. The minimum Gasteiger partial charge on any atom is -0.508 e. The summed E-state index contributed by atoms with van der Waals surface area (Å²) in [4.78, 5) is 53.3. The van der Waals surface area contributed by atoms with Crippen molar-refractivity contribution in [1.29, 1.82) is 0 Å². The number of hydrogen-bond acceptors (Lipinski definition) is 12. The quantitative estimate of drug-likeness (QED) is 0.127. The Hall–Kier alpha value is -3.94. The summed E-state index contributed by atoms with van der Waals surface area (Å²) in [5.41, 5.74) is 1.11. The zero-order chi connectivity index (χ0) is 31.4. The number of nitrogens with one attached hydrogen (secondary N) is 1. The Kier molecular flexibility index (Phi) is 8.15. The molecule has 1 aromatic carbocycles. The van der Waals surface area contributed by atoms with E-state index in [1.54, 1.807) is 19.9 Å². The van der Waals surface area contributed by atoms with Gasteiger partial charge in [-0.3, -0.25) is 19.3 Å². The Balaban J connectivity index is 1.92. The molecule has 1 aromatic rings. The van der Waals surface area contributed by atoms with Gasteiger partial charge in [0, 0.05) is 11.5 Å². The van der Waals surface area contributed by atoms with Crippen molar-refractivity contribution in [3.63, 3.8) is 0 Å². The van der Waals surface area contributed by atoms with Gasteiger partial charge in [-0.15, -0.1) is 0 Å². The third-order valence-corrected chi connectivity index (χ3v) is 8.61. The lowest BCUT2D eigenvalue weighted by molar-refractivity contribution is -0.169. The van der Waals surface area contributed by atoms with Crippen molar-refractivity contribution >= 4 is 34.9 Å². The molecule has 1 saturated carbocycles. The predicted octanol–water partition coefficient (Wildman–Crippen LogP) is 0.640. The molecule has 3 aliphatic carbocycles. The Labute approximate surface area is 242 Å². The number of benzene rings is 1. The van der Waals surface area contributed by atoms with Gasteiger partial charge < -0.3 is 41.3 Å². The van der Waals surface area contributed by atoms with Gasteiger partial charge in [-0.2, -0.15) is 0 Å². The maximum absolute atomic E-state index is 14.1. The van der Waals surface area contributed by atoms with Gasteiger partial charge in [0.15, 0.2) is 11.4 Å². The fraction of sp³-hybridized carbons (Fsp3) is 0.517. The number of aromatic hydroxyl groups is 1. The molecule has 8 N–H and O–H groups in total. The molecule has 0 saturated heterocycles. The summed E-state index contributed by atoms with van der Waals surface area (Å²) in [7, 11) is 2.89. The summed E-state index contributed by atoms with van der Waals surface area (Å²) in [5, 5.41) is 60.1. The summed E-state index contributed by atoms with van der Waals surface area (Å²) < 4.78 is 5.12. The lowest BCUT2D eigenvalue weighted by Crippen LogP contribution is -2.70. The number of primary amides is 1. The van der Waals surface area contributed by atoms with Crippen molar-refractivity contribution in [2.75, 3.05) is 26.0 Å². The largest absolute Gasteiger partial charge is 0.508 e. The Morgan fingerprint density at radius 1 is 1.17 bits per heavy atom. The normalized spacial score (nSPS) is 29.6. The van der Waals surface area contributed by atoms with Crippen LogP contribution in [-0.4, -0.2) is 98.4 Å². The predicted molar refractivity (Wildman–Crippen MR) is 149 cm³/mol. The zero-order valence-corrected chi connectivity index (χ0v) is 24.0. The maximum atomic E-state index is 14.1. The van der Waals surface area contributed by atoms with Crippen LogP contribution in [0.15, 0.2) is 29.0 Å². The van der Waals surface area contributed by atoms with Gasteiger partial charge in [-0.05, 0) is 45.0 Å². The molecule has 4 rings (SSSR count). The molecule has 0 bridgehead atoms. The number of carbonyl (C=O) groups is 4. The SMILES string of the molecule is CCCC(Nc1ccc2c(c1O)C(O)=C1C(=O)C3(O)C(O)=C(C(N)=O)C(=O)C(N(C)C)C3C(O)C1C2C)C(=O)OCC. The van der Waals surface area contributed by atoms with Gasteiger partial charge in [0.25, 0.3) is 5.91 Å². The second-order valence-electron chi connectivity index (χ2n) is 11.2. The number of carbonyl (C=O) groups excluding carboxylic acids is 4. The van der Waals surface area contributed by atoms with E-state index in [1.807, 2.05) is 6.92 Å². The molecule has 1 amide bonds. The van der Waals surface area contributed by atoms with Gasteiger partial charge in [-0.25, -0.2) is 4.79 Å². The number of fused-ring (bicyclic) bond motifs is 3. The van der Waals surface area contributed by atoms with Gasteiger partial charge in [0.2, 0.25) is 5.78 Å². The molecule has 0 heterocycles. The van der Waals surface area contributed by atoms with Crippen LogP contribution in [0.25, 0.3) is 5.76 Å². The fourth-order valence-electron chi connectivity index (χ4n) is 6.70. The number of Topliss-reactive ketones (excluding diaryl/α,β-unsaturated/α-hetero) is 2. The van der Waals surface area contributed by atoms with E-state index in [0.29, 0.717) is 18.4 Å². The molecular weight excluding hydrogens is 550 g/mol. The van der Waals surface area contributed by atoms with E-state index in [4.69, 9.17) is 10.5 Å². The molecule has 228 valence electrons. The number of nitrogens with two attached hydrogens (primary N) is 1. The second-order valence-corrected chi connectivity index (χ2v) is 11.2. The standard InChI is InChI=1S/C29H37N3O10/c1-6-8-14(28(40)42-7-2)31-13-10-9-12-11(3)15-17(22(34)16(12)21(13)33)25(37)29(41)19(23(15)35)20(32(4)5)24(36)18(26(29)38)27(30)39/h9-11,14-15,19-20,23,31,33-35,38,41H,6-8H2,1-5H3,(H2,30,39). The molecule has 0 radical (unpaired) electrons. The fourth-order valence-corrected chi connectivity index (χ4v) is 6.70. The number of ether oxygens (including phenoxy) is 1. The lowest BCUT2D eigenvalue weighted by atomic mass is 9.54. The molecule has 0 aromatic heterocycles. The number of phenols is 1. The molecule has 3 aliphatic rings. The summed E-state index contributed by atoms with van der Waals surface area (Å²) in [5.74, 6) is -10.2. The molecule has 42 heavy (non-hydrogen) atoms. The van der Waals surface area contributed by atoms with Crippen LogP contribution < -0.4 is 11.1 Å². The molecule has 7 unspecified atom stereocenters. The summed E-state index contributed by atoms with van der Waals surface area (Å²) in [6, 6.07) is 0.819. The lowest BCUT2D eigenvalue weighted by Gasteiger charge is -2.53. The average Bonchev–Trinajstić information content (AvgIpc) is 2.91. The molecule has 7 atom stereocenters. The number of likely N-dealkylation sites (N-methyl/N-ethyl adjacent to an activating group) is 1. The van der Waals surface area contributed by atoms with Crippen LogP contribution in [0.1, 0.15) is 50.7 Å². The zero-order valence-electron chi connectivity index (χ0n) is 24.0. The van der Waals surface area contributed by atoms with Gasteiger partial charge in [-0.1, -0.05) is 26.3 Å². The molecule has 13 heteroatoms. The van der Waals surface area contributed by atoms with Gasteiger partial charge in [0.1, 0.15) is 28.9 Å². The average molecular weight is 588 g/mol. The number of ketones is 2. The highest BCUT2D eigenvalue weighted by Gasteiger charge is 2.68. The van der Waals surface area contributed by atoms with E-state index in [2.05, 4.69) is 5.32 Å². The number of aliphatic hydroxyl groups is 4. The van der Waals surface area contributed by atoms with Crippen molar-refractivity contribution in [1.82, 2.24) is 4.90 Å². The van der Waals surface area contributed by atoms with E-state index in [0.717, 1.165) is 0 Å². The van der Waals surface area contributed by atoms with E-state index < -0.39 is 93.4 Å². The van der Waals surface area contributed by atoms with E-state index in [9.17, 15) is 44.7 Å². The number of hydrogen-bond donors (Lipinski definition) is 7. The third-order valence-electron chi connectivity index (χ3n) is 8.61. The first-order chi connectivity index (χ1) is 19.7. The Morgan fingerprint density at radius 2 is 1.81 bits per heavy atom. The van der Waals surface area contributed by atoms with Crippen molar-refractivity contribution in [2.45, 2.75) is 63.3 Å². The second kappa shape index (κ2) is 11.0. The van der Waals surface area contributed by atoms with Crippen LogP contribution in [0.4, 0.5) is 5.69 Å². The smallest absolute Gasteiger partial charge is 0.328 e. The highest BCUT2D eigenvalue weighted by Crippen LogP contribution is 2.56. The number of esters is 1. The highest BCUT2D eigenvalue weighted by molar-refractivity contribution is 6.24. The molecule has 1 fully saturated rings. The molecule has 0 spiro atoms. The van der Waals surface area contributed by atoms with E-state index >= 15 is 0 Å². The minimum absolute atomic E-state index is 0.0631. The number of aliphatic hydroxyl groups excluding tert-OH is 3. The van der Waals surface area contributed by atoms with Crippen LogP contribution in [0.5, 0.6) is 5.75 Å². The Bertz CT molecular complexity index is 1420.